The summed E-state index contributed by atoms with van der Waals surface area (Å²) in [5, 5.41) is 0. The Balaban J connectivity index is 1.92. The summed E-state index contributed by atoms with van der Waals surface area (Å²) in [5.41, 5.74) is 0. The van der Waals surface area contributed by atoms with Crippen LogP contribution in [0, 0.1) is 0 Å². The molecule has 1 heterocycles. The highest BCUT2D eigenvalue weighted by atomic mass is 32.2. The Morgan fingerprint density at radius 3 is 2.14 bits per heavy atom. The van der Waals surface area contributed by atoms with E-state index < -0.39 is 0 Å². The lowest BCUT2D eigenvalue weighted by molar-refractivity contribution is 1.05. The van der Waals surface area contributed by atoms with Crippen LogP contribution in [-0.4, -0.2) is 0 Å². The second-order valence-corrected chi connectivity index (χ2v) is 5.27. The second-order valence-electron chi connectivity index (χ2n) is 3.10. The molecule has 0 unspecified atom stereocenters. The Hall–Kier alpha value is -0.860. The molecule has 2 aromatic carbocycles. The fourth-order valence-corrected chi connectivity index (χ4v) is 3.58. The van der Waals surface area contributed by atoms with Crippen LogP contribution in [-0.2, 0) is 0 Å². The zero-order valence-corrected chi connectivity index (χ0v) is 9.07. The van der Waals surface area contributed by atoms with Crippen molar-refractivity contribution in [3.63, 3.8) is 0 Å². The van der Waals surface area contributed by atoms with Gasteiger partial charge in [0.2, 0.25) is 0 Å². The highest BCUT2D eigenvalue weighted by Gasteiger charge is 2.20. The van der Waals surface area contributed by atoms with Crippen molar-refractivity contribution in [3.8, 4) is 0 Å². The van der Waals surface area contributed by atoms with Crippen LogP contribution in [0.3, 0.4) is 0 Å². The van der Waals surface area contributed by atoms with Crippen molar-refractivity contribution in [2.75, 3.05) is 0 Å². The summed E-state index contributed by atoms with van der Waals surface area (Å²) in [4.78, 5) is 5.58. The normalized spacial score (nSPS) is 12.3. The molecule has 1 aliphatic heterocycles. The smallest absolute Gasteiger partial charge is 0.0401 e. The van der Waals surface area contributed by atoms with E-state index >= 15 is 0 Å². The molecule has 68 valence electrons. The minimum Gasteiger partial charge on any atom is -0.0877 e. The first kappa shape index (κ1) is 8.45. The van der Waals surface area contributed by atoms with Crippen LogP contribution in [0.25, 0.3) is 0 Å². The van der Waals surface area contributed by atoms with Gasteiger partial charge in [-0.15, -0.1) is 0 Å². The Bertz CT molecular complexity index is 443. The Morgan fingerprint density at radius 1 is 0.786 bits per heavy atom. The zero-order valence-electron chi connectivity index (χ0n) is 7.44. The predicted octanol–water partition coefficient (Wildman–Crippen LogP) is 4.30. The molecule has 2 bridgehead atoms. The standard InChI is InChI=1S/C12H8S2/c1-2-5-9(6-3-1)13-12-10-7-4-8-11(12)14-10/h1-8H. The summed E-state index contributed by atoms with van der Waals surface area (Å²) in [6.45, 7) is 0. The average Bonchev–Trinajstić information content (AvgIpc) is 2.28. The van der Waals surface area contributed by atoms with Crippen LogP contribution in [0.5, 0.6) is 0 Å². The second kappa shape index (κ2) is 3.37. The van der Waals surface area contributed by atoms with E-state index in [-0.39, 0.29) is 0 Å². The van der Waals surface area contributed by atoms with E-state index in [1.165, 1.54) is 19.6 Å². The maximum atomic E-state index is 2.18. The third-order valence-electron chi connectivity index (χ3n) is 2.13. The van der Waals surface area contributed by atoms with Gasteiger partial charge in [-0.1, -0.05) is 47.8 Å². The van der Waals surface area contributed by atoms with Crippen molar-refractivity contribution in [1.29, 1.82) is 0 Å². The summed E-state index contributed by atoms with van der Waals surface area (Å²) >= 11 is 3.74. The molecule has 14 heavy (non-hydrogen) atoms. The fourth-order valence-electron chi connectivity index (χ4n) is 1.44. The molecule has 0 saturated carbocycles. The van der Waals surface area contributed by atoms with E-state index in [1.54, 1.807) is 0 Å². The van der Waals surface area contributed by atoms with E-state index in [0.29, 0.717) is 0 Å². The molecule has 0 atom stereocenters. The number of hydrogen-bond donors (Lipinski definition) is 0. The van der Waals surface area contributed by atoms with Crippen molar-refractivity contribution >= 4 is 23.5 Å². The SMILES string of the molecule is c1ccc(Sc2c3cccc2S3)cc1. The van der Waals surface area contributed by atoms with Crippen LogP contribution < -0.4 is 0 Å². The highest BCUT2D eigenvalue weighted by Crippen LogP contribution is 2.52. The van der Waals surface area contributed by atoms with Gasteiger partial charge in [0, 0.05) is 19.6 Å². The molecular formula is C12H8S2. The molecule has 2 aromatic rings. The lowest BCUT2D eigenvalue weighted by atomic mass is 10.3. The summed E-state index contributed by atoms with van der Waals surface area (Å²) in [7, 11) is 0. The molecule has 0 saturated heterocycles. The summed E-state index contributed by atoms with van der Waals surface area (Å²) in [6.07, 6.45) is 0. The summed E-state index contributed by atoms with van der Waals surface area (Å²) in [6, 6.07) is 17.0. The molecule has 2 heteroatoms. The average molecular weight is 216 g/mol. The molecule has 0 aromatic heterocycles. The maximum absolute atomic E-state index is 2.18. The molecule has 0 amide bonds. The van der Waals surface area contributed by atoms with Gasteiger partial charge in [-0.2, -0.15) is 0 Å². The molecule has 1 aliphatic rings. The Kier molecular flexibility index (Phi) is 2.03. The number of rotatable bonds is 2. The van der Waals surface area contributed by atoms with Crippen molar-refractivity contribution < 1.29 is 0 Å². The topological polar surface area (TPSA) is 0 Å². The van der Waals surface area contributed by atoms with E-state index in [1.807, 2.05) is 23.5 Å². The fraction of sp³-hybridized carbons (Fsp3) is 0. The van der Waals surface area contributed by atoms with Gasteiger partial charge < -0.3 is 0 Å². The molecular weight excluding hydrogens is 208 g/mol. The van der Waals surface area contributed by atoms with Crippen molar-refractivity contribution in [3.05, 3.63) is 48.5 Å². The van der Waals surface area contributed by atoms with E-state index in [4.69, 9.17) is 0 Å². The third kappa shape index (κ3) is 1.35. The predicted molar refractivity (Wildman–Crippen MR) is 61.1 cm³/mol. The van der Waals surface area contributed by atoms with Gasteiger partial charge in [-0.05, 0) is 24.3 Å². The minimum absolute atomic E-state index is 1.32. The largest absolute Gasteiger partial charge is 0.0877 e. The molecule has 0 N–H and O–H groups in total. The van der Waals surface area contributed by atoms with Gasteiger partial charge in [-0.3, -0.25) is 0 Å². The van der Waals surface area contributed by atoms with Crippen LogP contribution in [0.1, 0.15) is 0 Å². The van der Waals surface area contributed by atoms with Gasteiger partial charge in [0.15, 0.2) is 0 Å². The van der Waals surface area contributed by atoms with Crippen LogP contribution in [0.15, 0.2) is 68.1 Å². The first-order chi connectivity index (χ1) is 6.93. The Morgan fingerprint density at radius 2 is 1.50 bits per heavy atom. The number of fused-ring (bicyclic) bond motifs is 2. The van der Waals surface area contributed by atoms with E-state index in [2.05, 4.69) is 48.5 Å². The molecule has 0 fully saturated rings. The van der Waals surface area contributed by atoms with Crippen molar-refractivity contribution in [1.82, 2.24) is 0 Å². The van der Waals surface area contributed by atoms with Crippen LogP contribution in [0.4, 0.5) is 0 Å². The van der Waals surface area contributed by atoms with Crippen LogP contribution >= 0.6 is 23.5 Å². The van der Waals surface area contributed by atoms with Gasteiger partial charge >= 0.3 is 0 Å². The van der Waals surface area contributed by atoms with Gasteiger partial charge in [0.25, 0.3) is 0 Å². The minimum atomic E-state index is 1.32. The van der Waals surface area contributed by atoms with Crippen LogP contribution in [0.2, 0.25) is 0 Å². The van der Waals surface area contributed by atoms with Gasteiger partial charge in [0.05, 0.1) is 0 Å². The monoisotopic (exact) mass is 216 g/mol. The number of hydrogen-bond acceptors (Lipinski definition) is 2. The lowest BCUT2D eigenvalue weighted by Gasteiger charge is -2.21. The quantitative estimate of drug-likeness (QED) is 0.626. The molecule has 3 rings (SSSR count). The zero-order chi connectivity index (χ0) is 9.38. The molecule has 0 spiro atoms. The number of benzene rings is 2. The summed E-state index contributed by atoms with van der Waals surface area (Å²) < 4.78 is 0. The van der Waals surface area contributed by atoms with E-state index in [9.17, 15) is 0 Å². The van der Waals surface area contributed by atoms with Gasteiger partial charge in [-0.25, -0.2) is 0 Å². The molecule has 0 radical (unpaired) electrons. The van der Waals surface area contributed by atoms with E-state index in [0.717, 1.165) is 0 Å². The van der Waals surface area contributed by atoms with Crippen molar-refractivity contribution in [2.45, 2.75) is 19.6 Å². The lowest BCUT2D eigenvalue weighted by Crippen LogP contribution is -1.92. The first-order valence-electron chi connectivity index (χ1n) is 4.47. The van der Waals surface area contributed by atoms with Gasteiger partial charge in [0.1, 0.15) is 0 Å². The molecule has 0 nitrogen and oxygen atoms in total. The maximum Gasteiger partial charge on any atom is 0.0401 e. The highest BCUT2D eigenvalue weighted by molar-refractivity contribution is 8.05. The summed E-state index contributed by atoms with van der Waals surface area (Å²) in [5.74, 6) is 0. The first-order valence-corrected chi connectivity index (χ1v) is 6.10. The Labute approximate surface area is 91.7 Å². The molecule has 0 aliphatic carbocycles. The van der Waals surface area contributed by atoms with Crippen molar-refractivity contribution in [2.24, 2.45) is 0 Å². The third-order valence-corrected chi connectivity index (χ3v) is 4.66.